The van der Waals surface area contributed by atoms with E-state index < -0.39 is 0 Å². The second-order valence-corrected chi connectivity index (χ2v) is 1.83. The van der Waals surface area contributed by atoms with Crippen molar-refractivity contribution in [2.24, 2.45) is 0 Å². The molecule has 7 heavy (non-hydrogen) atoms. The standard InChI is InChI=1S/C6H9O/c7-6-4-2-1-3-5-6/h5-7H,1-2,4H2. The summed E-state index contributed by atoms with van der Waals surface area (Å²) in [6, 6.07) is 0. The Balaban J connectivity index is 2.36. The van der Waals surface area contributed by atoms with E-state index in [2.05, 4.69) is 6.08 Å². The van der Waals surface area contributed by atoms with Gasteiger partial charge >= 0.3 is 0 Å². The summed E-state index contributed by atoms with van der Waals surface area (Å²) >= 11 is 0. The molecular weight excluding hydrogens is 88.1 g/mol. The first-order chi connectivity index (χ1) is 3.39. The zero-order valence-corrected chi connectivity index (χ0v) is 4.22. The predicted molar refractivity (Wildman–Crippen MR) is 27.7 cm³/mol. The van der Waals surface area contributed by atoms with Gasteiger partial charge in [-0.1, -0.05) is 6.08 Å². The molecule has 0 fully saturated rings. The van der Waals surface area contributed by atoms with E-state index in [4.69, 9.17) is 5.11 Å². The van der Waals surface area contributed by atoms with Gasteiger partial charge in [0.2, 0.25) is 0 Å². The molecule has 1 radical (unpaired) electrons. The van der Waals surface area contributed by atoms with Gasteiger partial charge in [-0.05, 0) is 25.3 Å². The van der Waals surface area contributed by atoms with Gasteiger partial charge in [0.1, 0.15) is 0 Å². The van der Waals surface area contributed by atoms with Crippen LogP contribution < -0.4 is 0 Å². The van der Waals surface area contributed by atoms with Gasteiger partial charge in [0.25, 0.3) is 0 Å². The summed E-state index contributed by atoms with van der Waals surface area (Å²) in [6.45, 7) is 0. The second kappa shape index (κ2) is 2.12. The largest absolute Gasteiger partial charge is 0.389 e. The van der Waals surface area contributed by atoms with Gasteiger partial charge in [-0.25, -0.2) is 0 Å². The first-order valence-corrected chi connectivity index (χ1v) is 2.64. The topological polar surface area (TPSA) is 20.2 Å². The molecular formula is C6H9O. The zero-order valence-electron chi connectivity index (χ0n) is 4.22. The lowest BCUT2D eigenvalue weighted by molar-refractivity contribution is 0.203. The minimum Gasteiger partial charge on any atom is -0.389 e. The fourth-order valence-electron chi connectivity index (χ4n) is 0.716. The van der Waals surface area contributed by atoms with Crippen LogP contribution in [0.15, 0.2) is 6.08 Å². The Bertz CT molecular complexity index is 76.2. The van der Waals surface area contributed by atoms with Gasteiger partial charge in [0, 0.05) is 0 Å². The number of aliphatic hydroxyl groups is 1. The van der Waals surface area contributed by atoms with Crippen LogP contribution in [0.4, 0.5) is 0 Å². The third-order valence-electron chi connectivity index (χ3n) is 1.13. The maximum absolute atomic E-state index is 8.79. The van der Waals surface area contributed by atoms with Crippen molar-refractivity contribution in [1.29, 1.82) is 0 Å². The highest BCUT2D eigenvalue weighted by atomic mass is 16.3. The van der Waals surface area contributed by atoms with Crippen LogP contribution in [0.3, 0.4) is 0 Å². The van der Waals surface area contributed by atoms with Gasteiger partial charge in [0.05, 0.1) is 6.10 Å². The van der Waals surface area contributed by atoms with Crippen LogP contribution in [-0.2, 0) is 0 Å². The van der Waals surface area contributed by atoms with Crippen molar-refractivity contribution in [2.75, 3.05) is 0 Å². The smallest absolute Gasteiger partial charge is 0.0726 e. The van der Waals surface area contributed by atoms with Crippen LogP contribution in [0, 0.1) is 6.08 Å². The number of hydrogen-bond acceptors (Lipinski definition) is 1. The summed E-state index contributed by atoms with van der Waals surface area (Å²) in [7, 11) is 0. The average molecular weight is 97.1 g/mol. The number of aliphatic hydroxyl groups excluding tert-OH is 1. The highest BCUT2D eigenvalue weighted by Gasteiger charge is 2.01. The van der Waals surface area contributed by atoms with Crippen molar-refractivity contribution in [3.63, 3.8) is 0 Å². The third-order valence-corrected chi connectivity index (χ3v) is 1.13. The fourth-order valence-corrected chi connectivity index (χ4v) is 0.716. The molecule has 1 atom stereocenters. The summed E-state index contributed by atoms with van der Waals surface area (Å²) in [4.78, 5) is 0. The Labute approximate surface area is 43.7 Å². The first-order valence-electron chi connectivity index (χ1n) is 2.64. The quantitative estimate of drug-likeness (QED) is 0.476. The van der Waals surface area contributed by atoms with E-state index in [9.17, 15) is 0 Å². The van der Waals surface area contributed by atoms with Crippen LogP contribution in [-0.4, -0.2) is 11.2 Å². The van der Waals surface area contributed by atoms with Crippen LogP contribution in [0.25, 0.3) is 0 Å². The van der Waals surface area contributed by atoms with Gasteiger partial charge in [-0.15, -0.1) is 0 Å². The zero-order chi connectivity index (χ0) is 5.11. The van der Waals surface area contributed by atoms with E-state index in [-0.39, 0.29) is 6.10 Å². The fraction of sp³-hybridized carbons (Fsp3) is 0.667. The number of allylic oxidation sites excluding steroid dienone is 1. The molecule has 39 valence electrons. The van der Waals surface area contributed by atoms with Crippen LogP contribution >= 0.6 is 0 Å². The van der Waals surface area contributed by atoms with Crippen LogP contribution in [0.5, 0.6) is 0 Å². The summed E-state index contributed by atoms with van der Waals surface area (Å²) in [5.41, 5.74) is 0. The SMILES string of the molecule is OC1C=[C]CCC1. The summed E-state index contributed by atoms with van der Waals surface area (Å²) < 4.78 is 0. The Morgan fingerprint density at radius 1 is 1.71 bits per heavy atom. The number of rotatable bonds is 0. The van der Waals surface area contributed by atoms with Crippen molar-refractivity contribution in [2.45, 2.75) is 25.4 Å². The van der Waals surface area contributed by atoms with E-state index in [0.29, 0.717) is 0 Å². The summed E-state index contributed by atoms with van der Waals surface area (Å²) in [5, 5.41) is 8.79. The second-order valence-electron chi connectivity index (χ2n) is 1.83. The minimum atomic E-state index is -0.200. The molecule has 1 unspecified atom stereocenters. The molecule has 0 saturated heterocycles. The molecule has 1 N–H and O–H groups in total. The Morgan fingerprint density at radius 2 is 2.57 bits per heavy atom. The molecule has 0 aromatic heterocycles. The van der Waals surface area contributed by atoms with Gasteiger partial charge in [-0.3, -0.25) is 0 Å². The first kappa shape index (κ1) is 4.85. The van der Waals surface area contributed by atoms with Crippen molar-refractivity contribution in [1.82, 2.24) is 0 Å². The number of hydrogen-bond donors (Lipinski definition) is 1. The van der Waals surface area contributed by atoms with Crippen molar-refractivity contribution in [3.05, 3.63) is 12.2 Å². The molecule has 0 saturated carbocycles. The maximum atomic E-state index is 8.79. The molecule has 1 rings (SSSR count). The van der Waals surface area contributed by atoms with Gasteiger partial charge in [0.15, 0.2) is 0 Å². The Kier molecular flexibility index (Phi) is 1.47. The highest BCUT2D eigenvalue weighted by Crippen LogP contribution is 2.07. The van der Waals surface area contributed by atoms with Crippen molar-refractivity contribution in [3.8, 4) is 0 Å². The molecule has 0 spiro atoms. The van der Waals surface area contributed by atoms with Crippen LogP contribution in [0.2, 0.25) is 0 Å². The summed E-state index contributed by atoms with van der Waals surface area (Å²) in [6.07, 6.45) is 7.54. The molecule has 0 aromatic carbocycles. The van der Waals surface area contributed by atoms with E-state index >= 15 is 0 Å². The van der Waals surface area contributed by atoms with E-state index in [1.54, 1.807) is 6.08 Å². The Morgan fingerprint density at radius 3 is 2.86 bits per heavy atom. The molecule has 0 amide bonds. The summed E-state index contributed by atoms with van der Waals surface area (Å²) in [5.74, 6) is 0. The molecule has 0 aliphatic heterocycles. The lowest BCUT2D eigenvalue weighted by atomic mass is 10.1. The normalized spacial score (nSPS) is 30.7. The van der Waals surface area contributed by atoms with Crippen LogP contribution in [0.1, 0.15) is 19.3 Å². The van der Waals surface area contributed by atoms with Crippen molar-refractivity contribution < 1.29 is 5.11 Å². The highest BCUT2D eigenvalue weighted by molar-refractivity contribution is 4.86. The molecule has 1 nitrogen and oxygen atoms in total. The lowest BCUT2D eigenvalue weighted by Gasteiger charge is -2.06. The molecule has 1 aliphatic carbocycles. The molecule has 0 heterocycles. The minimum absolute atomic E-state index is 0.200. The monoisotopic (exact) mass is 97.1 g/mol. The maximum Gasteiger partial charge on any atom is 0.0726 e. The molecule has 1 heteroatoms. The van der Waals surface area contributed by atoms with E-state index in [1.165, 1.54) is 0 Å². The Hall–Kier alpha value is -0.300. The molecule has 0 bridgehead atoms. The lowest BCUT2D eigenvalue weighted by Crippen LogP contribution is -2.04. The third kappa shape index (κ3) is 1.32. The van der Waals surface area contributed by atoms with Gasteiger partial charge in [-0.2, -0.15) is 0 Å². The van der Waals surface area contributed by atoms with E-state index in [0.717, 1.165) is 19.3 Å². The predicted octanol–water partition coefficient (Wildman–Crippen LogP) is 0.891. The van der Waals surface area contributed by atoms with Crippen molar-refractivity contribution >= 4 is 0 Å². The van der Waals surface area contributed by atoms with E-state index in [1.807, 2.05) is 0 Å². The molecule has 1 aliphatic rings. The molecule has 0 aromatic rings. The van der Waals surface area contributed by atoms with Gasteiger partial charge < -0.3 is 5.11 Å². The average Bonchev–Trinajstić information content (AvgIpc) is 1.69.